The van der Waals surface area contributed by atoms with Gasteiger partial charge in [-0.2, -0.15) is 0 Å². The predicted molar refractivity (Wildman–Crippen MR) is 287 cm³/mol. The van der Waals surface area contributed by atoms with Gasteiger partial charge in [0.05, 0.1) is 0 Å². The lowest BCUT2D eigenvalue weighted by Gasteiger charge is -2.27. The van der Waals surface area contributed by atoms with Crippen LogP contribution in [0.2, 0.25) is 0 Å². The van der Waals surface area contributed by atoms with Gasteiger partial charge in [0.25, 0.3) is 0 Å². The van der Waals surface area contributed by atoms with Crippen LogP contribution in [0.5, 0.6) is 0 Å². The maximum absolute atomic E-state index is 14.9. The zero-order valence-corrected chi connectivity index (χ0v) is 41.0. The van der Waals surface area contributed by atoms with Crippen LogP contribution >= 0.6 is 35.3 Å². The molecule has 7 heteroatoms. The Kier molecular flexibility index (Phi) is 13.9. The monoisotopic (exact) mass is 929 g/mol. The van der Waals surface area contributed by atoms with Crippen molar-refractivity contribution in [3.05, 3.63) is 240 Å². The Bertz CT molecular complexity index is 3040. The minimum atomic E-state index is -0.218. The minimum absolute atomic E-state index is 0.218. The zero-order chi connectivity index (χ0) is 46.4. The number of anilines is 9. The summed E-state index contributed by atoms with van der Waals surface area (Å²) in [5, 5.41) is 0. The zero-order valence-electron chi connectivity index (χ0n) is 38.6. The molecule has 332 valence electrons. The average Bonchev–Trinajstić information content (AvgIpc) is 3.35. The van der Waals surface area contributed by atoms with Crippen molar-refractivity contribution in [3.63, 3.8) is 0 Å². The molecular formula is C60H52FN3S3. The molecule has 0 aliphatic heterocycles. The number of thioether (sulfide) groups is 1. The Labute approximate surface area is 408 Å². The van der Waals surface area contributed by atoms with Crippen LogP contribution in [0.1, 0.15) is 27.8 Å². The van der Waals surface area contributed by atoms with Crippen LogP contribution in [0.4, 0.5) is 55.6 Å². The average molecular weight is 930 g/mol. The summed E-state index contributed by atoms with van der Waals surface area (Å²) in [7, 11) is 0. The van der Waals surface area contributed by atoms with E-state index in [-0.39, 0.29) is 5.82 Å². The Morgan fingerprint density at radius 1 is 0.284 bits per heavy atom. The van der Waals surface area contributed by atoms with Crippen molar-refractivity contribution in [1.82, 2.24) is 0 Å². The molecule has 0 saturated heterocycles. The number of rotatable bonds is 14. The third-order valence-electron chi connectivity index (χ3n) is 11.9. The van der Waals surface area contributed by atoms with Gasteiger partial charge in [0.1, 0.15) is 5.82 Å². The first kappa shape index (κ1) is 45.5. The molecule has 0 amide bonds. The lowest BCUT2D eigenvalue weighted by Crippen LogP contribution is -2.10. The van der Waals surface area contributed by atoms with Gasteiger partial charge in [-0.15, -0.1) is 11.8 Å². The molecule has 67 heavy (non-hydrogen) atoms. The van der Waals surface area contributed by atoms with E-state index < -0.39 is 0 Å². The van der Waals surface area contributed by atoms with E-state index in [2.05, 4.69) is 237 Å². The van der Waals surface area contributed by atoms with Crippen LogP contribution in [0.15, 0.2) is 231 Å². The number of hydrogen-bond donors (Lipinski definition) is 0. The molecule has 0 aliphatic rings. The van der Waals surface area contributed by atoms with Crippen LogP contribution in [0.3, 0.4) is 0 Å². The fourth-order valence-electron chi connectivity index (χ4n) is 7.97. The van der Waals surface area contributed by atoms with Crippen molar-refractivity contribution < 1.29 is 4.39 Å². The third kappa shape index (κ3) is 10.7. The van der Waals surface area contributed by atoms with E-state index in [0.29, 0.717) is 5.56 Å². The summed E-state index contributed by atoms with van der Waals surface area (Å²) in [6.07, 6.45) is 2.07. The lowest BCUT2D eigenvalue weighted by atomic mass is 10.1. The molecule has 9 aromatic rings. The fourth-order valence-corrected chi connectivity index (χ4v) is 10.0. The van der Waals surface area contributed by atoms with Crippen LogP contribution in [-0.2, 0) is 0 Å². The largest absolute Gasteiger partial charge is 0.311 e. The molecule has 0 aromatic heterocycles. The highest BCUT2D eigenvalue weighted by Gasteiger charge is 2.17. The highest BCUT2D eigenvalue weighted by Crippen LogP contribution is 2.42. The maximum atomic E-state index is 14.9. The first-order valence-corrected chi connectivity index (χ1v) is 25.2. The second-order valence-corrected chi connectivity index (χ2v) is 19.9. The first-order valence-electron chi connectivity index (χ1n) is 22.4. The number of hydrogen-bond acceptors (Lipinski definition) is 6. The normalized spacial score (nSPS) is 11.1. The summed E-state index contributed by atoms with van der Waals surface area (Å²) in [6.45, 7) is 10.4. The van der Waals surface area contributed by atoms with E-state index in [1.807, 2.05) is 12.1 Å². The summed E-state index contributed by atoms with van der Waals surface area (Å²) in [5.74, 6) is -0.218. The van der Waals surface area contributed by atoms with Gasteiger partial charge in [-0.1, -0.05) is 71.0 Å². The van der Waals surface area contributed by atoms with Gasteiger partial charge in [0.15, 0.2) is 0 Å². The van der Waals surface area contributed by atoms with E-state index in [9.17, 15) is 4.39 Å². The standard InChI is InChI=1S/C60H52FN3S3/c1-41-7-13-46(14-8-41)62(47-15-9-42(2)10-16-47)48-21-31-56(32-22-48)66-57-33-23-50(24-34-57)63(53-17-11-43(3)45(5)39-53)51-25-35-58(36-26-51)67-59-37-27-52(28-38-59)64(49-19-29-55(65-6)30-20-49)54-18-12-44(4)60(61)40-54/h7-40H,1-6H3. The quantitative estimate of drug-likeness (QED) is 0.0998. The van der Waals surface area contributed by atoms with Gasteiger partial charge in [-0.3, -0.25) is 0 Å². The predicted octanol–water partition coefficient (Wildman–Crippen LogP) is 18.8. The van der Waals surface area contributed by atoms with Crippen molar-refractivity contribution in [2.45, 2.75) is 59.1 Å². The molecule has 0 aliphatic carbocycles. The minimum Gasteiger partial charge on any atom is -0.311 e. The summed E-state index contributed by atoms with van der Waals surface area (Å²) >= 11 is 5.19. The van der Waals surface area contributed by atoms with Crippen molar-refractivity contribution in [2.75, 3.05) is 21.0 Å². The van der Waals surface area contributed by atoms with Crippen molar-refractivity contribution in [3.8, 4) is 0 Å². The molecule has 0 radical (unpaired) electrons. The summed E-state index contributed by atoms with van der Waals surface area (Å²) in [6, 6.07) is 73.0. The van der Waals surface area contributed by atoms with Crippen molar-refractivity contribution in [1.29, 1.82) is 0 Å². The summed E-state index contributed by atoms with van der Waals surface area (Å²) in [5.41, 5.74) is 15.0. The van der Waals surface area contributed by atoms with Gasteiger partial charge in [0.2, 0.25) is 0 Å². The van der Waals surface area contributed by atoms with Crippen molar-refractivity contribution >= 4 is 86.5 Å². The highest BCUT2D eigenvalue weighted by molar-refractivity contribution is 7.99. The van der Waals surface area contributed by atoms with Crippen LogP contribution < -0.4 is 14.7 Å². The molecule has 0 saturated carbocycles. The molecule has 0 fully saturated rings. The van der Waals surface area contributed by atoms with Crippen LogP contribution in [0, 0.1) is 40.4 Å². The van der Waals surface area contributed by atoms with Crippen molar-refractivity contribution in [2.24, 2.45) is 0 Å². The van der Waals surface area contributed by atoms with Crippen LogP contribution in [-0.4, -0.2) is 6.26 Å². The number of aryl methyl sites for hydroxylation is 5. The second-order valence-electron chi connectivity index (χ2n) is 16.8. The van der Waals surface area contributed by atoms with Gasteiger partial charge in [-0.05, 0) is 227 Å². The molecular weight excluding hydrogens is 878 g/mol. The smallest absolute Gasteiger partial charge is 0.128 e. The van der Waals surface area contributed by atoms with E-state index in [1.165, 1.54) is 36.9 Å². The Balaban J connectivity index is 0.931. The topological polar surface area (TPSA) is 9.72 Å². The molecule has 3 nitrogen and oxygen atoms in total. The van der Waals surface area contributed by atoms with Gasteiger partial charge in [0, 0.05) is 75.7 Å². The lowest BCUT2D eigenvalue weighted by molar-refractivity contribution is 0.619. The SMILES string of the molecule is CSc1ccc(N(c2ccc(Sc3ccc(N(c4ccc(Sc5ccc(N(c6ccc(C)cc6)c6ccc(C)cc6)cc5)cc4)c4ccc(C)c(C)c4)cc3)cc2)c2ccc(C)c(F)c2)cc1. The van der Waals surface area contributed by atoms with Gasteiger partial charge in [-0.25, -0.2) is 4.39 Å². The molecule has 9 rings (SSSR count). The third-order valence-corrected chi connectivity index (χ3v) is 14.7. The molecule has 9 aromatic carbocycles. The summed E-state index contributed by atoms with van der Waals surface area (Å²) < 4.78 is 14.9. The van der Waals surface area contributed by atoms with E-state index >= 15 is 0 Å². The fraction of sp³-hybridized carbons (Fsp3) is 0.100. The Morgan fingerprint density at radius 2 is 0.552 bits per heavy atom. The number of halogens is 1. The summed E-state index contributed by atoms with van der Waals surface area (Å²) in [4.78, 5) is 12.5. The molecule has 0 N–H and O–H groups in total. The molecule has 0 unspecified atom stereocenters. The molecule has 0 spiro atoms. The second kappa shape index (κ2) is 20.5. The maximum Gasteiger partial charge on any atom is 0.128 e. The number of nitrogens with zero attached hydrogens (tertiary/aromatic N) is 3. The highest BCUT2D eigenvalue weighted by atomic mass is 32.2. The molecule has 0 bridgehead atoms. The van der Waals surface area contributed by atoms with Crippen LogP contribution in [0.25, 0.3) is 0 Å². The van der Waals surface area contributed by atoms with E-state index in [1.54, 1.807) is 48.3 Å². The molecule has 0 heterocycles. The molecule has 0 atom stereocenters. The Morgan fingerprint density at radius 3 is 0.866 bits per heavy atom. The van der Waals surface area contributed by atoms with E-state index in [4.69, 9.17) is 0 Å². The Hall–Kier alpha value is -6.64. The first-order chi connectivity index (χ1) is 32.6. The van der Waals surface area contributed by atoms with Gasteiger partial charge < -0.3 is 14.7 Å². The van der Waals surface area contributed by atoms with E-state index in [0.717, 1.165) is 61.0 Å². The number of benzene rings is 9. The van der Waals surface area contributed by atoms with Gasteiger partial charge >= 0.3 is 0 Å².